The average molecular weight is 423 g/mol. The van der Waals surface area contributed by atoms with Gasteiger partial charge in [0.15, 0.2) is 5.76 Å². The predicted octanol–water partition coefficient (Wildman–Crippen LogP) is 7.13. The molecule has 2 aromatic carbocycles. The minimum atomic E-state index is 0.521. The molecule has 3 aromatic rings. The molecule has 0 aliphatic carbocycles. The fourth-order valence-corrected chi connectivity index (χ4v) is 4.12. The van der Waals surface area contributed by atoms with Gasteiger partial charge in [0.25, 0.3) is 0 Å². The summed E-state index contributed by atoms with van der Waals surface area (Å²) in [6.45, 7) is 11.2. The molecule has 1 heterocycles. The zero-order valence-corrected chi connectivity index (χ0v) is 19.3. The largest absolute Gasteiger partial charge is 0.396 e. The van der Waals surface area contributed by atoms with Crippen LogP contribution in [0.3, 0.4) is 0 Å². The van der Waals surface area contributed by atoms with Crippen LogP contribution in [0.1, 0.15) is 61.1 Å². The van der Waals surface area contributed by atoms with E-state index >= 15 is 0 Å². The van der Waals surface area contributed by atoms with Crippen molar-refractivity contribution in [2.24, 2.45) is 5.16 Å². The van der Waals surface area contributed by atoms with Gasteiger partial charge in [-0.25, -0.2) is 0 Å². The molecule has 0 spiro atoms. The van der Waals surface area contributed by atoms with Crippen LogP contribution in [0.5, 0.6) is 0 Å². The highest BCUT2D eigenvalue weighted by molar-refractivity contribution is 7.98. The molecule has 158 valence electrons. The summed E-state index contributed by atoms with van der Waals surface area (Å²) in [5, 5.41) is 8.43. The molecule has 5 heteroatoms. The molecule has 3 rings (SSSR count). The van der Waals surface area contributed by atoms with Crippen LogP contribution in [0.4, 0.5) is 0 Å². The number of hydrogen-bond donors (Lipinski definition) is 0. The third-order valence-electron chi connectivity index (χ3n) is 5.25. The van der Waals surface area contributed by atoms with Crippen molar-refractivity contribution < 1.29 is 9.36 Å². The van der Waals surface area contributed by atoms with Gasteiger partial charge in [-0.2, -0.15) is 0 Å². The van der Waals surface area contributed by atoms with Gasteiger partial charge in [0, 0.05) is 16.2 Å². The van der Waals surface area contributed by atoms with E-state index in [0.717, 1.165) is 29.0 Å². The summed E-state index contributed by atoms with van der Waals surface area (Å²) in [5.41, 5.74) is 6.61. The van der Waals surface area contributed by atoms with Crippen LogP contribution in [0.2, 0.25) is 0 Å². The number of hydrogen-bond acceptors (Lipinski definition) is 5. The molecule has 0 bridgehead atoms. The van der Waals surface area contributed by atoms with Crippen LogP contribution in [0, 0.1) is 13.8 Å². The highest BCUT2D eigenvalue weighted by atomic mass is 32.2. The Hall–Kier alpha value is -2.53. The van der Waals surface area contributed by atoms with Crippen molar-refractivity contribution in [3.05, 3.63) is 70.4 Å². The van der Waals surface area contributed by atoms with E-state index in [1.807, 2.05) is 19.1 Å². The maximum atomic E-state index is 5.73. The number of aryl methyl sites for hydroxylation is 2. The summed E-state index contributed by atoms with van der Waals surface area (Å²) in [6, 6.07) is 15.0. The quantitative estimate of drug-likeness (QED) is 0.209. The Kier molecular flexibility index (Phi) is 7.75. The van der Waals surface area contributed by atoms with Crippen molar-refractivity contribution in [1.29, 1.82) is 0 Å². The zero-order valence-electron chi connectivity index (χ0n) is 18.4. The molecule has 0 radical (unpaired) electrons. The monoisotopic (exact) mass is 422 g/mol. The normalized spacial score (nSPS) is 12.4. The standard InChI is InChI=1S/C25H30N2O2S/c1-6-18(4)21-12-13-24(19(5)14-21)30-16-23-22(15-26-28-7-2)25(29-27-23)20-10-8-17(3)9-11-20/h8-15,18H,6-7,16H2,1-5H3/b26-15-. The molecule has 0 aliphatic rings. The second-order valence-electron chi connectivity index (χ2n) is 7.51. The van der Waals surface area contributed by atoms with Gasteiger partial charge in [-0.15, -0.1) is 11.8 Å². The van der Waals surface area contributed by atoms with Gasteiger partial charge in [-0.1, -0.05) is 66.1 Å². The second kappa shape index (κ2) is 10.5. The molecule has 0 aliphatic heterocycles. The van der Waals surface area contributed by atoms with Crippen LogP contribution in [0.15, 0.2) is 57.0 Å². The summed E-state index contributed by atoms with van der Waals surface area (Å²) in [5.74, 6) is 2.00. The number of thioether (sulfide) groups is 1. The van der Waals surface area contributed by atoms with Gasteiger partial charge < -0.3 is 9.36 Å². The van der Waals surface area contributed by atoms with Gasteiger partial charge in [-0.05, 0) is 50.3 Å². The predicted molar refractivity (Wildman–Crippen MR) is 125 cm³/mol. The second-order valence-corrected chi connectivity index (χ2v) is 8.53. The first-order valence-corrected chi connectivity index (χ1v) is 11.5. The first-order chi connectivity index (χ1) is 14.5. The van der Waals surface area contributed by atoms with Crippen molar-refractivity contribution >= 4 is 18.0 Å². The minimum absolute atomic E-state index is 0.521. The fraction of sp³-hybridized carbons (Fsp3) is 0.360. The smallest absolute Gasteiger partial charge is 0.176 e. The van der Waals surface area contributed by atoms with E-state index < -0.39 is 0 Å². The van der Waals surface area contributed by atoms with Crippen LogP contribution in [-0.2, 0) is 10.6 Å². The molecular weight excluding hydrogens is 392 g/mol. The Labute approximate surface area is 183 Å². The Morgan fingerprint density at radius 3 is 2.57 bits per heavy atom. The molecule has 0 amide bonds. The first kappa shape index (κ1) is 22.2. The molecule has 0 saturated heterocycles. The van der Waals surface area contributed by atoms with E-state index in [4.69, 9.17) is 9.36 Å². The Morgan fingerprint density at radius 1 is 1.13 bits per heavy atom. The van der Waals surface area contributed by atoms with E-state index in [0.29, 0.717) is 18.3 Å². The topological polar surface area (TPSA) is 47.6 Å². The van der Waals surface area contributed by atoms with E-state index in [2.05, 4.69) is 68.3 Å². The average Bonchev–Trinajstić information content (AvgIpc) is 3.15. The molecule has 1 atom stereocenters. The zero-order chi connectivity index (χ0) is 21.5. The summed E-state index contributed by atoms with van der Waals surface area (Å²) in [4.78, 5) is 6.45. The van der Waals surface area contributed by atoms with Crippen molar-refractivity contribution in [3.8, 4) is 11.3 Å². The maximum absolute atomic E-state index is 5.73. The van der Waals surface area contributed by atoms with Crippen LogP contribution < -0.4 is 0 Å². The number of oxime groups is 1. The Morgan fingerprint density at radius 2 is 1.90 bits per heavy atom. The van der Waals surface area contributed by atoms with Crippen molar-refractivity contribution in [3.63, 3.8) is 0 Å². The summed E-state index contributed by atoms with van der Waals surface area (Å²) >= 11 is 1.77. The lowest BCUT2D eigenvalue weighted by molar-refractivity contribution is 0.160. The van der Waals surface area contributed by atoms with E-state index in [-0.39, 0.29) is 0 Å². The van der Waals surface area contributed by atoms with E-state index in [1.54, 1.807) is 18.0 Å². The summed E-state index contributed by atoms with van der Waals surface area (Å²) < 4.78 is 5.73. The lowest BCUT2D eigenvalue weighted by atomic mass is 9.97. The fourth-order valence-electron chi connectivity index (χ4n) is 3.17. The first-order valence-electron chi connectivity index (χ1n) is 10.5. The highest BCUT2D eigenvalue weighted by Gasteiger charge is 2.17. The van der Waals surface area contributed by atoms with Crippen molar-refractivity contribution in [2.45, 2.75) is 57.6 Å². The SMILES string of the molecule is CCO/N=C\c1c(CSc2ccc(C(C)CC)cc2C)noc1-c1ccc(C)cc1. The van der Waals surface area contributed by atoms with Gasteiger partial charge in [0.1, 0.15) is 12.3 Å². The van der Waals surface area contributed by atoms with Gasteiger partial charge in [-0.3, -0.25) is 0 Å². The molecule has 4 nitrogen and oxygen atoms in total. The lowest BCUT2D eigenvalue weighted by Crippen LogP contribution is -1.94. The summed E-state index contributed by atoms with van der Waals surface area (Å²) in [7, 11) is 0. The maximum Gasteiger partial charge on any atom is 0.176 e. The number of aromatic nitrogens is 1. The number of nitrogens with zero attached hydrogens (tertiary/aromatic N) is 2. The molecule has 1 unspecified atom stereocenters. The molecule has 0 N–H and O–H groups in total. The van der Waals surface area contributed by atoms with Crippen molar-refractivity contribution in [2.75, 3.05) is 6.61 Å². The van der Waals surface area contributed by atoms with Crippen molar-refractivity contribution in [1.82, 2.24) is 5.16 Å². The molecule has 0 fully saturated rings. The third kappa shape index (κ3) is 5.33. The highest BCUT2D eigenvalue weighted by Crippen LogP contribution is 2.32. The van der Waals surface area contributed by atoms with Gasteiger partial charge in [0.05, 0.1) is 11.8 Å². The number of benzene rings is 2. The third-order valence-corrected chi connectivity index (χ3v) is 6.43. The molecule has 0 saturated carbocycles. The lowest BCUT2D eigenvalue weighted by Gasteiger charge is -2.12. The molecule has 1 aromatic heterocycles. The summed E-state index contributed by atoms with van der Waals surface area (Å²) in [6.07, 6.45) is 2.86. The van der Waals surface area contributed by atoms with Crippen LogP contribution in [0.25, 0.3) is 11.3 Å². The minimum Gasteiger partial charge on any atom is -0.396 e. The Balaban J connectivity index is 1.84. The van der Waals surface area contributed by atoms with Gasteiger partial charge >= 0.3 is 0 Å². The van der Waals surface area contributed by atoms with E-state index in [9.17, 15) is 0 Å². The number of rotatable bonds is 9. The Bertz CT molecular complexity index is 993. The van der Waals surface area contributed by atoms with Gasteiger partial charge in [0.2, 0.25) is 0 Å². The molecular formula is C25H30N2O2S. The van der Waals surface area contributed by atoms with Crippen LogP contribution in [-0.4, -0.2) is 18.0 Å². The van der Waals surface area contributed by atoms with Crippen LogP contribution >= 0.6 is 11.8 Å². The van der Waals surface area contributed by atoms with E-state index in [1.165, 1.54) is 21.6 Å². The molecule has 30 heavy (non-hydrogen) atoms.